The van der Waals surface area contributed by atoms with Crippen molar-refractivity contribution in [3.8, 4) is 0 Å². The summed E-state index contributed by atoms with van der Waals surface area (Å²) in [5, 5.41) is 7.77. The smallest absolute Gasteiger partial charge is 0.321 e. The minimum absolute atomic E-state index is 0.0222. The van der Waals surface area contributed by atoms with E-state index < -0.39 is 11.6 Å². The summed E-state index contributed by atoms with van der Waals surface area (Å²) in [6, 6.07) is -0.503. The van der Waals surface area contributed by atoms with Crippen LogP contribution in [0, 0.1) is 5.92 Å². The lowest BCUT2D eigenvalue weighted by atomic mass is 9.97. The van der Waals surface area contributed by atoms with Crippen molar-refractivity contribution in [1.29, 1.82) is 0 Å². The molecule has 1 heterocycles. The zero-order chi connectivity index (χ0) is 17.5. The molecule has 8 nitrogen and oxygen atoms in total. The van der Waals surface area contributed by atoms with Crippen LogP contribution in [-0.4, -0.2) is 61.0 Å². The van der Waals surface area contributed by atoms with Crippen LogP contribution in [0.4, 0.5) is 4.79 Å². The van der Waals surface area contributed by atoms with Gasteiger partial charge in [0.15, 0.2) is 0 Å². The number of nitrogens with two attached hydrogens (primary N) is 1. The van der Waals surface area contributed by atoms with Gasteiger partial charge in [-0.3, -0.25) is 19.8 Å². The van der Waals surface area contributed by atoms with Gasteiger partial charge in [0.25, 0.3) is 0 Å². The van der Waals surface area contributed by atoms with Crippen LogP contribution < -0.4 is 21.7 Å². The van der Waals surface area contributed by atoms with E-state index in [4.69, 9.17) is 5.73 Å². The molecule has 1 unspecified atom stereocenters. The van der Waals surface area contributed by atoms with Crippen LogP contribution in [0.25, 0.3) is 0 Å². The Morgan fingerprint density at radius 3 is 2.57 bits per heavy atom. The third-order valence-electron chi connectivity index (χ3n) is 3.43. The Balaban J connectivity index is 2.40. The SMILES string of the molecule is CC(C)(C)NC(=O)NC(=O)CN1CCCC(C(=O)NCCN)C1. The second kappa shape index (κ2) is 8.83. The highest BCUT2D eigenvalue weighted by molar-refractivity contribution is 5.95. The van der Waals surface area contributed by atoms with Gasteiger partial charge in [0.05, 0.1) is 12.5 Å². The molecule has 1 atom stereocenters. The molecule has 0 aromatic carbocycles. The molecule has 8 heteroatoms. The van der Waals surface area contributed by atoms with Crippen LogP contribution in [0.3, 0.4) is 0 Å². The summed E-state index contributed by atoms with van der Waals surface area (Å²) in [6.07, 6.45) is 1.65. The van der Waals surface area contributed by atoms with Gasteiger partial charge in [0.2, 0.25) is 11.8 Å². The number of carbonyl (C=O) groups excluding carboxylic acids is 3. The number of urea groups is 1. The number of nitrogens with one attached hydrogen (secondary N) is 3. The Bertz CT molecular complexity index is 433. The van der Waals surface area contributed by atoms with E-state index in [2.05, 4.69) is 16.0 Å². The standard InChI is InChI=1S/C15H29N5O3/c1-15(2,3)19-14(23)18-12(21)10-20-8-4-5-11(9-20)13(22)17-7-6-16/h11H,4-10,16H2,1-3H3,(H,17,22)(H2,18,19,21,23). The summed E-state index contributed by atoms with van der Waals surface area (Å²) in [5.74, 6) is -0.521. The number of carbonyl (C=O) groups is 3. The average Bonchev–Trinajstić information content (AvgIpc) is 2.42. The van der Waals surface area contributed by atoms with Crippen molar-refractivity contribution < 1.29 is 14.4 Å². The van der Waals surface area contributed by atoms with Gasteiger partial charge in [-0.25, -0.2) is 4.79 Å². The topological polar surface area (TPSA) is 117 Å². The summed E-state index contributed by atoms with van der Waals surface area (Å²) in [7, 11) is 0. The predicted molar refractivity (Wildman–Crippen MR) is 87.7 cm³/mol. The van der Waals surface area contributed by atoms with Gasteiger partial charge >= 0.3 is 6.03 Å². The largest absolute Gasteiger partial charge is 0.355 e. The summed E-state index contributed by atoms with van der Waals surface area (Å²) < 4.78 is 0. The predicted octanol–water partition coefficient (Wildman–Crippen LogP) is -0.602. The van der Waals surface area contributed by atoms with Gasteiger partial charge in [-0.15, -0.1) is 0 Å². The molecular weight excluding hydrogens is 298 g/mol. The molecule has 1 rings (SSSR count). The highest BCUT2D eigenvalue weighted by Crippen LogP contribution is 2.16. The van der Waals surface area contributed by atoms with Crippen LogP contribution >= 0.6 is 0 Å². The molecule has 1 aliphatic heterocycles. The fourth-order valence-electron chi connectivity index (χ4n) is 2.49. The van der Waals surface area contributed by atoms with Crippen molar-refractivity contribution in [3.05, 3.63) is 0 Å². The van der Waals surface area contributed by atoms with Crippen molar-refractivity contribution in [1.82, 2.24) is 20.9 Å². The van der Waals surface area contributed by atoms with Crippen molar-refractivity contribution in [3.63, 3.8) is 0 Å². The maximum absolute atomic E-state index is 12.0. The van der Waals surface area contributed by atoms with E-state index in [9.17, 15) is 14.4 Å². The Kier molecular flexibility index (Phi) is 7.44. The Labute approximate surface area is 137 Å². The van der Waals surface area contributed by atoms with Gasteiger partial charge < -0.3 is 16.4 Å². The fourth-order valence-corrected chi connectivity index (χ4v) is 2.49. The van der Waals surface area contributed by atoms with E-state index in [1.165, 1.54) is 0 Å². The molecule has 1 aliphatic rings. The first-order valence-corrected chi connectivity index (χ1v) is 8.03. The van der Waals surface area contributed by atoms with Crippen LogP contribution in [0.5, 0.6) is 0 Å². The monoisotopic (exact) mass is 327 g/mol. The van der Waals surface area contributed by atoms with Crippen LogP contribution in [0.15, 0.2) is 0 Å². The Morgan fingerprint density at radius 2 is 1.96 bits per heavy atom. The third kappa shape index (κ3) is 7.94. The molecule has 1 fully saturated rings. The molecule has 0 saturated carbocycles. The van der Waals surface area contributed by atoms with E-state index >= 15 is 0 Å². The molecule has 0 aliphatic carbocycles. The van der Waals surface area contributed by atoms with Crippen molar-refractivity contribution in [2.45, 2.75) is 39.2 Å². The average molecular weight is 327 g/mol. The molecule has 132 valence electrons. The number of likely N-dealkylation sites (tertiary alicyclic amines) is 1. The van der Waals surface area contributed by atoms with Gasteiger partial charge in [-0.05, 0) is 40.2 Å². The van der Waals surface area contributed by atoms with Crippen LogP contribution in [0.1, 0.15) is 33.6 Å². The molecular formula is C15H29N5O3. The number of hydrogen-bond acceptors (Lipinski definition) is 5. The number of rotatable bonds is 5. The lowest BCUT2D eigenvalue weighted by Crippen LogP contribution is -2.52. The minimum atomic E-state index is -0.503. The molecule has 0 spiro atoms. The maximum Gasteiger partial charge on any atom is 0.321 e. The summed E-state index contributed by atoms with van der Waals surface area (Å²) >= 11 is 0. The number of nitrogens with zero attached hydrogens (tertiary/aromatic N) is 1. The molecule has 0 aromatic rings. The van der Waals surface area contributed by atoms with E-state index in [1.54, 1.807) is 0 Å². The number of imide groups is 1. The van der Waals surface area contributed by atoms with Crippen molar-refractivity contribution >= 4 is 17.8 Å². The van der Waals surface area contributed by atoms with E-state index in [0.29, 0.717) is 19.6 Å². The first-order valence-electron chi connectivity index (χ1n) is 8.03. The van der Waals surface area contributed by atoms with Gasteiger partial charge in [0.1, 0.15) is 0 Å². The normalized spacial score (nSPS) is 19.0. The molecule has 0 aromatic heterocycles. The Hall–Kier alpha value is -1.67. The first kappa shape index (κ1) is 19.4. The molecule has 0 radical (unpaired) electrons. The van der Waals surface area contributed by atoms with Crippen LogP contribution in [-0.2, 0) is 9.59 Å². The van der Waals surface area contributed by atoms with Crippen LogP contribution in [0.2, 0.25) is 0 Å². The first-order chi connectivity index (χ1) is 10.7. The lowest BCUT2D eigenvalue weighted by Gasteiger charge is -2.31. The highest BCUT2D eigenvalue weighted by Gasteiger charge is 2.27. The zero-order valence-electron chi connectivity index (χ0n) is 14.3. The van der Waals surface area contributed by atoms with Crippen molar-refractivity contribution in [2.75, 3.05) is 32.7 Å². The van der Waals surface area contributed by atoms with Crippen molar-refractivity contribution in [2.24, 2.45) is 11.7 Å². The zero-order valence-corrected chi connectivity index (χ0v) is 14.3. The lowest BCUT2D eigenvalue weighted by molar-refractivity contribution is -0.128. The number of piperidine rings is 1. The van der Waals surface area contributed by atoms with E-state index in [0.717, 1.165) is 19.4 Å². The van der Waals surface area contributed by atoms with Gasteiger partial charge in [-0.1, -0.05) is 0 Å². The Morgan fingerprint density at radius 1 is 1.26 bits per heavy atom. The van der Waals surface area contributed by atoms with Gasteiger partial charge in [-0.2, -0.15) is 0 Å². The van der Waals surface area contributed by atoms with E-state index in [-0.39, 0.29) is 24.3 Å². The highest BCUT2D eigenvalue weighted by atomic mass is 16.2. The maximum atomic E-state index is 12.0. The molecule has 4 amide bonds. The second-order valence-corrected chi connectivity index (χ2v) is 6.91. The molecule has 0 bridgehead atoms. The summed E-state index contributed by atoms with van der Waals surface area (Å²) in [5.41, 5.74) is 4.97. The molecule has 23 heavy (non-hydrogen) atoms. The summed E-state index contributed by atoms with van der Waals surface area (Å²) in [4.78, 5) is 37.5. The number of amides is 4. The number of hydrogen-bond donors (Lipinski definition) is 4. The summed E-state index contributed by atoms with van der Waals surface area (Å²) in [6.45, 7) is 7.76. The second-order valence-electron chi connectivity index (χ2n) is 6.91. The molecule has 1 saturated heterocycles. The third-order valence-corrected chi connectivity index (χ3v) is 3.43. The van der Waals surface area contributed by atoms with Gasteiger partial charge in [0, 0.05) is 25.2 Å². The van der Waals surface area contributed by atoms with E-state index in [1.807, 2.05) is 25.7 Å². The fraction of sp³-hybridized carbons (Fsp3) is 0.800. The quantitative estimate of drug-likeness (QED) is 0.538. The molecule has 5 N–H and O–H groups in total. The minimum Gasteiger partial charge on any atom is -0.355 e.